The van der Waals surface area contributed by atoms with Crippen LogP contribution in [-0.2, 0) is 11.2 Å². The topological polar surface area (TPSA) is 98.7 Å². The van der Waals surface area contributed by atoms with Gasteiger partial charge in [0, 0.05) is 25.4 Å². The Morgan fingerprint density at radius 1 is 1.58 bits per heavy atom. The zero-order valence-corrected chi connectivity index (χ0v) is 11.4. The standard InChI is InChI=1S/C11H16N6OS/c1-8(17-7-3-6-14-17)10(18)13-5-2-4-9-15-16-11(12)19-9/h3,6-8H,2,4-5H2,1H3,(H2,12,16)(H,13,18)/t8-/m1/s1. The van der Waals surface area contributed by atoms with Crippen LogP contribution >= 0.6 is 11.3 Å². The van der Waals surface area contributed by atoms with Crippen LogP contribution in [-0.4, -0.2) is 32.4 Å². The minimum atomic E-state index is -0.299. The van der Waals surface area contributed by atoms with Crippen molar-refractivity contribution >= 4 is 22.4 Å². The van der Waals surface area contributed by atoms with E-state index in [1.165, 1.54) is 11.3 Å². The molecule has 2 aromatic rings. The number of rotatable bonds is 6. The molecule has 0 bridgehead atoms. The predicted molar refractivity (Wildman–Crippen MR) is 72.6 cm³/mol. The zero-order chi connectivity index (χ0) is 13.7. The monoisotopic (exact) mass is 280 g/mol. The summed E-state index contributed by atoms with van der Waals surface area (Å²) in [6, 6.07) is 1.50. The summed E-state index contributed by atoms with van der Waals surface area (Å²) in [5, 5.41) is 16.0. The highest BCUT2D eigenvalue weighted by atomic mass is 32.1. The molecule has 7 nitrogen and oxygen atoms in total. The van der Waals surface area contributed by atoms with E-state index < -0.39 is 0 Å². The minimum Gasteiger partial charge on any atom is -0.374 e. The van der Waals surface area contributed by atoms with E-state index in [2.05, 4.69) is 20.6 Å². The van der Waals surface area contributed by atoms with Gasteiger partial charge in [-0.3, -0.25) is 9.48 Å². The van der Waals surface area contributed by atoms with E-state index in [1.54, 1.807) is 23.1 Å². The molecule has 3 N–H and O–H groups in total. The molecule has 1 amide bonds. The zero-order valence-electron chi connectivity index (χ0n) is 10.6. The lowest BCUT2D eigenvalue weighted by atomic mass is 10.3. The number of nitrogens with one attached hydrogen (secondary N) is 1. The van der Waals surface area contributed by atoms with Crippen LogP contribution in [0.25, 0.3) is 0 Å². The number of amides is 1. The average Bonchev–Trinajstić information content (AvgIpc) is 3.05. The minimum absolute atomic E-state index is 0.0412. The number of nitrogens with two attached hydrogens (primary N) is 1. The molecule has 0 spiro atoms. The van der Waals surface area contributed by atoms with Crippen LogP contribution in [0.5, 0.6) is 0 Å². The van der Waals surface area contributed by atoms with Crippen molar-refractivity contribution in [2.24, 2.45) is 0 Å². The summed E-state index contributed by atoms with van der Waals surface area (Å²) in [5.74, 6) is -0.0412. The first-order valence-electron chi connectivity index (χ1n) is 6.01. The van der Waals surface area contributed by atoms with Crippen molar-refractivity contribution in [1.29, 1.82) is 0 Å². The first-order chi connectivity index (χ1) is 9.16. The first-order valence-corrected chi connectivity index (χ1v) is 6.83. The van der Waals surface area contributed by atoms with Gasteiger partial charge in [0.25, 0.3) is 0 Å². The Morgan fingerprint density at radius 2 is 2.42 bits per heavy atom. The first kappa shape index (κ1) is 13.5. The lowest BCUT2D eigenvalue weighted by Gasteiger charge is -2.12. The molecule has 2 rings (SSSR count). The summed E-state index contributed by atoms with van der Waals surface area (Å²) in [7, 11) is 0. The average molecular weight is 280 g/mol. The molecule has 2 aromatic heterocycles. The van der Waals surface area contributed by atoms with Crippen LogP contribution in [0, 0.1) is 0 Å². The van der Waals surface area contributed by atoms with Crippen molar-refractivity contribution in [3.63, 3.8) is 0 Å². The molecular formula is C11H16N6OS. The predicted octanol–water partition coefficient (Wildman–Crippen LogP) is 0.627. The van der Waals surface area contributed by atoms with E-state index in [9.17, 15) is 4.79 Å². The summed E-state index contributed by atoms with van der Waals surface area (Å²) in [5.41, 5.74) is 5.49. The number of anilines is 1. The molecule has 0 saturated heterocycles. The molecule has 0 saturated carbocycles. The van der Waals surface area contributed by atoms with Gasteiger partial charge in [0.05, 0.1) is 0 Å². The van der Waals surface area contributed by atoms with Crippen LogP contribution in [0.1, 0.15) is 24.4 Å². The maximum absolute atomic E-state index is 11.8. The van der Waals surface area contributed by atoms with Crippen molar-refractivity contribution < 1.29 is 4.79 Å². The smallest absolute Gasteiger partial charge is 0.244 e. The van der Waals surface area contributed by atoms with Gasteiger partial charge in [-0.15, -0.1) is 10.2 Å². The number of aromatic nitrogens is 4. The Balaban J connectivity index is 1.69. The number of hydrogen-bond donors (Lipinski definition) is 2. The number of aryl methyl sites for hydroxylation is 1. The highest BCUT2D eigenvalue weighted by Crippen LogP contribution is 2.12. The molecule has 8 heteroatoms. The molecule has 0 aliphatic heterocycles. The Bertz CT molecular complexity index is 523. The van der Waals surface area contributed by atoms with Crippen LogP contribution in [0.3, 0.4) is 0 Å². The molecule has 0 aliphatic rings. The number of carbonyl (C=O) groups excluding carboxylic acids is 1. The Labute approximate surface area is 114 Å². The molecule has 0 radical (unpaired) electrons. The molecule has 19 heavy (non-hydrogen) atoms. The summed E-state index contributed by atoms with van der Waals surface area (Å²) >= 11 is 1.38. The molecule has 0 fully saturated rings. The summed E-state index contributed by atoms with van der Waals surface area (Å²) < 4.78 is 1.63. The van der Waals surface area contributed by atoms with Crippen LogP contribution in [0.2, 0.25) is 0 Å². The fraction of sp³-hybridized carbons (Fsp3) is 0.455. The van der Waals surface area contributed by atoms with Crippen molar-refractivity contribution in [1.82, 2.24) is 25.3 Å². The molecular weight excluding hydrogens is 264 g/mol. The Hall–Kier alpha value is -1.96. The second kappa shape index (κ2) is 6.28. The van der Waals surface area contributed by atoms with Crippen LogP contribution in [0.15, 0.2) is 18.5 Å². The SMILES string of the molecule is C[C@H](C(=O)NCCCc1nnc(N)s1)n1cccn1. The Kier molecular flexibility index (Phi) is 4.45. The van der Waals surface area contributed by atoms with E-state index in [-0.39, 0.29) is 11.9 Å². The largest absolute Gasteiger partial charge is 0.374 e. The number of nitrogens with zero attached hydrogens (tertiary/aromatic N) is 4. The Morgan fingerprint density at radius 3 is 3.05 bits per heavy atom. The van der Waals surface area contributed by atoms with E-state index >= 15 is 0 Å². The second-order valence-corrected chi connectivity index (χ2v) is 5.18. The highest BCUT2D eigenvalue weighted by Gasteiger charge is 2.13. The molecule has 1 atom stereocenters. The maximum Gasteiger partial charge on any atom is 0.244 e. The van der Waals surface area contributed by atoms with Crippen molar-refractivity contribution in [3.8, 4) is 0 Å². The van der Waals surface area contributed by atoms with Gasteiger partial charge in [-0.25, -0.2) is 0 Å². The number of hydrogen-bond acceptors (Lipinski definition) is 6. The van der Waals surface area contributed by atoms with Gasteiger partial charge in [-0.2, -0.15) is 5.10 Å². The van der Waals surface area contributed by atoms with Gasteiger partial charge < -0.3 is 11.1 Å². The lowest BCUT2D eigenvalue weighted by Crippen LogP contribution is -2.32. The third kappa shape index (κ3) is 3.75. The van der Waals surface area contributed by atoms with Gasteiger partial charge >= 0.3 is 0 Å². The van der Waals surface area contributed by atoms with Crippen LogP contribution in [0.4, 0.5) is 5.13 Å². The van der Waals surface area contributed by atoms with Gasteiger partial charge in [-0.1, -0.05) is 11.3 Å². The van der Waals surface area contributed by atoms with E-state index in [1.807, 2.05) is 6.92 Å². The highest BCUT2D eigenvalue weighted by molar-refractivity contribution is 7.15. The summed E-state index contributed by atoms with van der Waals surface area (Å²) in [6.45, 7) is 2.41. The summed E-state index contributed by atoms with van der Waals surface area (Å²) in [6.07, 6.45) is 5.01. The molecule has 0 aliphatic carbocycles. The van der Waals surface area contributed by atoms with E-state index in [0.29, 0.717) is 11.7 Å². The van der Waals surface area contributed by atoms with Crippen LogP contribution < -0.4 is 11.1 Å². The van der Waals surface area contributed by atoms with Crippen molar-refractivity contribution in [2.45, 2.75) is 25.8 Å². The lowest BCUT2D eigenvalue weighted by molar-refractivity contribution is -0.124. The van der Waals surface area contributed by atoms with E-state index in [4.69, 9.17) is 5.73 Å². The van der Waals surface area contributed by atoms with Gasteiger partial charge in [0.15, 0.2) is 0 Å². The van der Waals surface area contributed by atoms with Gasteiger partial charge in [-0.05, 0) is 19.4 Å². The van der Waals surface area contributed by atoms with Crippen molar-refractivity contribution in [3.05, 3.63) is 23.5 Å². The number of nitrogen functional groups attached to an aromatic ring is 1. The fourth-order valence-corrected chi connectivity index (χ4v) is 2.25. The van der Waals surface area contributed by atoms with Gasteiger partial charge in [0.2, 0.25) is 11.0 Å². The maximum atomic E-state index is 11.8. The molecule has 0 unspecified atom stereocenters. The van der Waals surface area contributed by atoms with Crippen molar-refractivity contribution in [2.75, 3.05) is 12.3 Å². The van der Waals surface area contributed by atoms with Gasteiger partial charge in [0.1, 0.15) is 11.0 Å². The number of carbonyl (C=O) groups is 1. The molecule has 0 aromatic carbocycles. The molecule has 102 valence electrons. The third-order valence-corrected chi connectivity index (χ3v) is 3.46. The fourth-order valence-electron chi connectivity index (χ4n) is 1.60. The quantitative estimate of drug-likeness (QED) is 0.756. The normalized spacial score (nSPS) is 12.3. The third-order valence-electron chi connectivity index (χ3n) is 2.65. The molecule has 2 heterocycles. The summed E-state index contributed by atoms with van der Waals surface area (Å²) in [4.78, 5) is 11.8. The second-order valence-electron chi connectivity index (χ2n) is 4.09. The van der Waals surface area contributed by atoms with E-state index in [0.717, 1.165) is 17.8 Å².